The van der Waals surface area contributed by atoms with E-state index in [2.05, 4.69) is 10.3 Å². The summed E-state index contributed by atoms with van der Waals surface area (Å²) in [5.74, 6) is -0.513. The molecule has 0 aliphatic heterocycles. The smallest absolute Gasteiger partial charge is 0.322 e. The number of H-pyrrole nitrogens is 1. The number of pyridine rings is 1. The summed E-state index contributed by atoms with van der Waals surface area (Å²) in [7, 11) is 0. The lowest BCUT2D eigenvalue weighted by Gasteiger charge is -2.23. The predicted molar refractivity (Wildman–Crippen MR) is 123 cm³/mol. The zero-order chi connectivity index (χ0) is 22.0. The number of hydrogen-bond donors (Lipinski definition) is 2. The van der Waals surface area contributed by atoms with Gasteiger partial charge in [0, 0.05) is 16.0 Å². The number of hydrogen-bond acceptors (Lipinski definition) is 3. The Morgan fingerprint density at radius 3 is 2.58 bits per heavy atom. The first kappa shape index (κ1) is 20.8. The second-order valence-corrected chi connectivity index (χ2v) is 8.53. The van der Waals surface area contributed by atoms with E-state index in [-0.39, 0.29) is 17.8 Å². The normalized spacial score (nSPS) is 10.9. The molecule has 0 saturated carbocycles. The third kappa shape index (κ3) is 4.67. The summed E-state index contributed by atoms with van der Waals surface area (Å²) in [5, 5.41) is 5.45. The Balaban J connectivity index is 1.66. The van der Waals surface area contributed by atoms with Gasteiger partial charge in [0.1, 0.15) is 5.82 Å². The number of fused-ring (bicyclic) bond motifs is 1. The molecule has 2 heterocycles. The first-order chi connectivity index (χ1) is 14.9. The zero-order valence-electron chi connectivity index (χ0n) is 17.2. The fraction of sp³-hybridized carbons (Fsp3) is 0.167. The van der Waals surface area contributed by atoms with Crippen molar-refractivity contribution >= 4 is 34.0 Å². The molecular weight excluding hydrogens is 413 g/mol. The van der Waals surface area contributed by atoms with Crippen LogP contribution in [0.15, 0.2) is 64.8 Å². The fourth-order valence-electron chi connectivity index (χ4n) is 3.39. The Kier molecular flexibility index (Phi) is 5.86. The van der Waals surface area contributed by atoms with Gasteiger partial charge < -0.3 is 15.2 Å². The van der Waals surface area contributed by atoms with Gasteiger partial charge in [-0.2, -0.15) is 0 Å². The maximum atomic E-state index is 14.0. The Bertz CT molecular complexity index is 1300. The summed E-state index contributed by atoms with van der Waals surface area (Å²) in [5.41, 5.74) is 3.30. The lowest BCUT2D eigenvalue weighted by molar-refractivity contribution is 0.206. The van der Waals surface area contributed by atoms with Crippen molar-refractivity contribution < 1.29 is 9.18 Å². The van der Waals surface area contributed by atoms with Crippen LogP contribution < -0.4 is 10.9 Å². The van der Waals surface area contributed by atoms with Crippen molar-refractivity contribution in [3.8, 4) is 0 Å². The lowest BCUT2D eigenvalue weighted by Crippen LogP contribution is -2.35. The highest BCUT2D eigenvalue weighted by atomic mass is 32.1. The van der Waals surface area contributed by atoms with Crippen molar-refractivity contribution in [2.75, 3.05) is 5.32 Å². The molecule has 2 N–H and O–H groups in total. The molecule has 7 heteroatoms. The molecule has 0 spiro atoms. The molecule has 0 radical (unpaired) electrons. The number of carbonyl (C=O) groups is 1. The molecule has 2 aromatic heterocycles. The van der Waals surface area contributed by atoms with Gasteiger partial charge in [0.15, 0.2) is 0 Å². The number of urea groups is 1. The number of carbonyl (C=O) groups excluding carboxylic acids is 1. The van der Waals surface area contributed by atoms with Gasteiger partial charge in [0.05, 0.1) is 18.8 Å². The maximum absolute atomic E-state index is 14.0. The van der Waals surface area contributed by atoms with E-state index in [1.165, 1.54) is 28.4 Å². The second-order valence-electron chi connectivity index (χ2n) is 7.49. The van der Waals surface area contributed by atoms with Gasteiger partial charge in [-0.05, 0) is 72.1 Å². The molecule has 0 fully saturated rings. The van der Waals surface area contributed by atoms with Gasteiger partial charge in [-0.25, -0.2) is 9.18 Å². The molecule has 0 aliphatic rings. The van der Waals surface area contributed by atoms with E-state index >= 15 is 0 Å². The lowest BCUT2D eigenvalue weighted by atomic mass is 10.0. The van der Waals surface area contributed by atoms with E-state index in [1.54, 1.807) is 12.1 Å². The Hall–Kier alpha value is -3.45. The Morgan fingerprint density at radius 2 is 1.84 bits per heavy atom. The standard InChI is InChI=1S/C24H22FN3O2S/c1-15-10-17-12-18(23(29)26-22(17)11-16(15)2)13-28(14-19-6-5-9-31-19)24(30)27-21-8-4-3-7-20(21)25/h3-12H,13-14H2,1-2H3,(H,26,29)(H,27,30). The average molecular weight is 436 g/mol. The highest BCUT2D eigenvalue weighted by molar-refractivity contribution is 7.09. The van der Waals surface area contributed by atoms with Crippen LogP contribution in [0.1, 0.15) is 21.6 Å². The predicted octanol–water partition coefficient (Wildman–Crippen LogP) is 5.58. The first-order valence-corrected chi connectivity index (χ1v) is 10.7. The van der Waals surface area contributed by atoms with Gasteiger partial charge in [-0.1, -0.05) is 18.2 Å². The number of aromatic amines is 1. The van der Waals surface area contributed by atoms with Gasteiger partial charge >= 0.3 is 6.03 Å². The number of halogens is 1. The Labute approximate surface area is 183 Å². The minimum absolute atomic E-state index is 0.0936. The summed E-state index contributed by atoms with van der Waals surface area (Å²) < 4.78 is 14.0. The molecule has 158 valence electrons. The summed E-state index contributed by atoms with van der Waals surface area (Å²) in [6, 6.07) is 15.1. The highest BCUT2D eigenvalue weighted by Gasteiger charge is 2.19. The number of anilines is 1. The quantitative estimate of drug-likeness (QED) is 0.430. The Morgan fingerprint density at radius 1 is 1.06 bits per heavy atom. The molecule has 4 aromatic rings. The molecule has 0 unspecified atom stereocenters. The van der Waals surface area contributed by atoms with Gasteiger partial charge in [-0.3, -0.25) is 4.79 Å². The number of nitrogens with zero attached hydrogens (tertiary/aromatic N) is 1. The van der Waals surface area contributed by atoms with Crippen molar-refractivity contribution in [1.29, 1.82) is 0 Å². The fourth-order valence-corrected chi connectivity index (χ4v) is 4.11. The molecule has 2 aromatic carbocycles. The van der Waals surface area contributed by atoms with E-state index in [9.17, 15) is 14.0 Å². The number of amides is 2. The topological polar surface area (TPSA) is 65.2 Å². The molecule has 0 bridgehead atoms. The van der Waals surface area contributed by atoms with Crippen molar-refractivity contribution in [1.82, 2.24) is 9.88 Å². The number of para-hydroxylation sites is 1. The minimum atomic E-state index is -0.513. The van der Waals surface area contributed by atoms with Crippen LogP contribution in [-0.2, 0) is 13.1 Å². The van der Waals surface area contributed by atoms with Crippen molar-refractivity contribution in [3.63, 3.8) is 0 Å². The van der Waals surface area contributed by atoms with Crippen LogP contribution in [-0.4, -0.2) is 15.9 Å². The van der Waals surface area contributed by atoms with Crippen LogP contribution in [0.3, 0.4) is 0 Å². The van der Waals surface area contributed by atoms with Crippen LogP contribution in [0.2, 0.25) is 0 Å². The zero-order valence-corrected chi connectivity index (χ0v) is 18.1. The number of benzene rings is 2. The summed E-state index contributed by atoms with van der Waals surface area (Å²) in [6.07, 6.45) is 0. The molecule has 0 aliphatic carbocycles. The van der Waals surface area contributed by atoms with E-state index in [1.807, 2.05) is 49.6 Å². The van der Waals surface area contributed by atoms with Gasteiger partial charge in [0.25, 0.3) is 5.56 Å². The average Bonchev–Trinajstić information content (AvgIpc) is 3.24. The molecular formula is C24H22FN3O2S. The molecule has 2 amide bonds. The van der Waals surface area contributed by atoms with Gasteiger partial charge in [-0.15, -0.1) is 11.3 Å². The number of rotatable bonds is 5. The SMILES string of the molecule is Cc1cc2cc(CN(Cc3cccs3)C(=O)Nc3ccccc3F)c(=O)[nH]c2cc1C. The molecule has 0 atom stereocenters. The third-order valence-electron chi connectivity index (χ3n) is 5.23. The van der Waals surface area contributed by atoms with Crippen molar-refractivity contribution in [2.45, 2.75) is 26.9 Å². The van der Waals surface area contributed by atoms with E-state index in [0.717, 1.165) is 26.9 Å². The molecule has 31 heavy (non-hydrogen) atoms. The van der Waals surface area contributed by atoms with E-state index in [4.69, 9.17) is 0 Å². The van der Waals surface area contributed by atoms with Crippen LogP contribution >= 0.6 is 11.3 Å². The summed E-state index contributed by atoms with van der Waals surface area (Å²) >= 11 is 1.52. The molecule has 4 rings (SSSR count). The van der Waals surface area contributed by atoms with Crippen LogP contribution in [0, 0.1) is 19.7 Å². The highest BCUT2D eigenvalue weighted by Crippen LogP contribution is 2.20. The largest absolute Gasteiger partial charge is 0.322 e. The van der Waals surface area contributed by atoms with Crippen LogP contribution in [0.4, 0.5) is 14.9 Å². The van der Waals surface area contributed by atoms with Crippen molar-refractivity contribution in [3.05, 3.63) is 97.7 Å². The maximum Gasteiger partial charge on any atom is 0.322 e. The minimum Gasteiger partial charge on any atom is -0.322 e. The monoisotopic (exact) mass is 435 g/mol. The second kappa shape index (κ2) is 8.73. The summed E-state index contributed by atoms with van der Waals surface area (Å²) in [4.78, 5) is 31.1. The number of thiophene rings is 1. The van der Waals surface area contributed by atoms with Crippen LogP contribution in [0.5, 0.6) is 0 Å². The van der Waals surface area contributed by atoms with Crippen LogP contribution in [0.25, 0.3) is 10.9 Å². The van der Waals surface area contributed by atoms with Crippen molar-refractivity contribution in [2.24, 2.45) is 0 Å². The third-order valence-corrected chi connectivity index (χ3v) is 6.09. The number of aryl methyl sites for hydroxylation is 2. The van der Waals surface area contributed by atoms with Gasteiger partial charge in [0.2, 0.25) is 0 Å². The molecule has 0 saturated heterocycles. The first-order valence-electron chi connectivity index (χ1n) is 9.86. The van der Waals surface area contributed by atoms with E-state index in [0.29, 0.717) is 12.1 Å². The number of nitrogens with one attached hydrogen (secondary N) is 2. The van der Waals surface area contributed by atoms with E-state index < -0.39 is 11.8 Å². The summed E-state index contributed by atoms with van der Waals surface area (Å²) in [6.45, 7) is 4.42. The molecule has 5 nitrogen and oxygen atoms in total. The number of aromatic nitrogens is 1.